The van der Waals surface area contributed by atoms with Crippen LogP contribution in [0.3, 0.4) is 0 Å². The number of ether oxygens (including phenoxy) is 1. The number of benzene rings is 1. The van der Waals surface area contributed by atoms with Gasteiger partial charge in [-0.05, 0) is 17.7 Å². The van der Waals surface area contributed by atoms with Gasteiger partial charge in [-0.3, -0.25) is 4.68 Å². The Morgan fingerprint density at radius 2 is 2.32 bits per heavy atom. The van der Waals surface area contributed by atoms with Gasteiger partial charge >= 0.3 is 0 Å². The highest BCUT2D eigenvalue weighted by atomic mass is 35.5. The number of aromatic nitrogens is 2. The largest absolute Gasteiger partial charge is 0.488 e. The van der Waals surface area contributed by atoms with Gasteiger partial charge in [0.15, 0.2) is 0 Å². The molecule has 0 aliphatic rings. The summed E-state index contributed by atoms with van der Waals surface area (Å²) < 4.78 is 7.21. The predicted molar refractivity (Wildman–Crippen MR) is 77.7 cm³/mol. The summed E-state index contributed by atoms with van der Waals surface area (Å²) in [6.45, 7) is 4.74. The fourth-order valence-corrected chi connectivity index (χ4v) is 1.92. The van der Waals surface area contributed by atoms with E-state index in [-0.39, 0.29) is 0 Å². The summed E-state index contributed by atoms with van der Waals surface area (Å²) in [4.78, 5) is 0. The summed E-state index contributed by atoms with van der Waals surface area (Å²) in [6.07, 6.45) is 3.44. The van der Waals surface area contributed by atoms with E-state index < -0.39 is 0 Å². The van der Waals surface area contributed by atoms with Crippen molar-refractivity contribution in [1.82, 2.24) is 9.78 Å². The van der Waals surface area contributed by atoms with Gasteiger partial charge < -0.3 is 10.1 Å². The van der Waals surface area contributed by atoms with Crippen molar-refractivity contribution in [2.75, 3.05) is 11.9 Å². The van der Waals surface area contributed by atoms with Gasteiger partial charge in [0.05, 0.1) is 11.2 Å². The first-order chi connectivity index (χ1) is 9.20. The number of hydrogen-bond acceptors (Lipinski definition) is 3. The number of halogens is 1. The Balaban J connectivity index is 2.00. The van der Waals surface area contributed by atoms with Gasteiger partial charge in [0, 0.05) is 19.7 Å². The van der Waals surface area contributed by atoms with Crippen molar-refractivity contribution >= 4 is 17.4 Å². The minimum absolute atomic E-state index is 0.451. The SMILES string of the molecule is C=CCOc1ccc(CNc2ccnn2C)cc1Cl. The molecule has 0 unspecified atom stereocenters. The van der Waals surface area contributed by atoms with Crippen LogP contribution >= 0.6 is 11.6 Å². The average Bonchev–Trinajstić information content (AvgIpc) is 2.81. The Morgan fingerprint density at radius 3 is 2.95 bits per heavy atom. The fourth-order valence-electron chi connectivity index (χ4n) is 1.66. The standard InChI is InChI=1S/C14H16ClN3O/c1-3-8-19-13-5-4-11(9-12(13)15)10-16-14-6-7-17-18(14)2/h3-7,9,16H,1,8,10H2,2H3. The van der Waals surface area contributed by atoms with Gasteiger partial charge in [-0.25, -0.2) is 0 Å². The first-order valence-electron chi connectivity index (χ1n) is 5.94. The lowest BCUT2D eigenvalue weighted by Crippen LogP contribution is -2.04. The Hall–Kier alpha value is -1.94. The second-order valence-corrected chi connectivity index (χ2v) is 4.47. The summed E-state index contributed by atoms with van der Waals surface area (Å²) in [6, 6.07) is 7.66. The third kappa shape index (κ3) is 3.51. The molecular formula is C14H16ClN3O. The van der Waals surface area contributed by atoms with Crippen LogP contribution in [-0.4, -0.2) is 16.4 Å². The number of hydrogen-bond donors (Lipinski definition) is 1. The van der Waals surface area contributed by atoms with E-state index in [1.54, 1.807) is 17.0 Å². The van der Waals surface area contributed by atoms with Crippen LogP contribution in [0.15, 0.2) is 43.1 Å². The van der Waals surface area contributed by atoms with Gasteiger partial charge in [-0.15, -0.1) is 0 Å². The molecule has 0 amide bonds. The summed E-state index contributed by atoms with van der Waals surface area (Å²) >= 11 is 6.15. The van der Waals surface area contributed by atoms with Gasteiger partial charge in [0.2, 0.25) is 0 Å². The molecule has 0 fully saturated rings. The van der Waals surface area contributed by atoms with Crippen molar-refractivity contribution in [3.63, 3.8) is 0 Å². The van der Waals surface area contributed by atoms with Crippen molar-refractivity contribution in [3.8, 4) is 5.75 Å². The molecule has 0 radical (unpaired) electrons. The van der Waals surface area contributed by atoms with Gasteiger partial charge in [0.1, 0.15) is 18.2 Å². The molecule has 0 spiro atoms. The molecule has 5 heteroatoms. The molecule has 2 aromatic rings. The van der Waals surface area contributed by atoms with Crippen molar-refractivity contribution in [1.29, 1.82) is 0 Å². The van der Waals surface area contributed by atoms with Crippen LogP contribution in [0.2, 0.25) is 5.02 Å². The van der Waals surface area contributed by atoms with Crippen molar-refractivity contribution in [3.05, 3.63) is 53.7 Å². The third-order valence-corrected chi connectivity index (χ3v) is 2.94. The molecule has 0 bridgehead atoms. The summed E-state index contributed by atoms with van der Waals surface area (Å²) in [5.74, 6) is 1.63. The van der Waals surface area contributed by atoms with Crippen LogP contribution in [0.4, 0.5) is 5.82 Å². The summed E-state index contributed by atoms with van der Waals surface area (Å²) in [5, 5.41) is 7.98. The lowest BCUT2D eigenvalue weighted by atomic mass is 10.2. The van der Waals surface area contributed by atoms with E-state index in [1.807, 2.05) is 31.3 Å². The van der Waals surface area contributed by atoms with E-state index >= 15 is 0 Å². The molecule has 19 heavy (non-hydrogen) atoms. The van der Waals surface area contributed by atoms with Gasteiger partial charge in [-0.2, -0.15) is 5.10 Å². The molecule has 1 N–H and O–H groups in total. The van der Waals surface area contributed by atoms with Crippen LogP contribution < -0.4 is 10.1 Å². The second-order valence-electron chi connectivity index (χ2n) is 4.06. The molecular weight excluding hydrogens is 262 g/mol. The van der Waals surface area contributed by atoms with Crippen LogP contribution in [0.1, 0.15) is 5.56 Å². The van der Waals surface area contributed by atoms with E-state index in [2.05, 4.69) is 17.0 Å². The zero-order valence-corrected chi connectivity index (χ0v) is 11.5. The Bertz CT molecular complexity index is 566. The molecule has 100 valence electrons. The molecule has 4 nitrogen and oxygen atoms in total. The number of aryl methyl sites for hydroxylation is 1. The number of nitrogens with one attached hydrogen (secondary N) is 1. The first-order valence-corrected chi connectivity index (χ1v) is 6.32. The number of nitrogens with zero attached hydrogens (tertiary/aromatic N) is 2. The quantitative estimate of drug-likeness (QED) is 0.824. The second kappa shape index (κ2) is 6.29. The van der Waals surface area contributed by atoms with E-state index in [4.69, 9.17) is 16.3 Å². The first kappa shape index (κ1) is 13.5. The molecule has 1 heterocycles. The maximum Gasteiger partial charge on any atom is 0.138 e. The van der Waals surface area contributed by atoms with Gasteiger partial charge in [-0.1, -0.05) is 30.3 Å². The molecule has 0 atom stereocenters. The topological polar surface area (TPSA) is 39.1 Å². The van der Waals surface area contributed by atoms with Crippen molar-refractivity contribution < 1.29 is 4.74 Å². The highest BCUT2D eigenvalue weighted by molar-refractivity contribution is 6.32. The normalized spacial score (nSPS) is 10.2. The van der Waals surface area contributed by atoms with E-state index in [0.29, 0.717) is 23.9 Å². The van der Waals surface area contributed by atoms with Crippen LogP contribution in [-0.2, 0) is 13.6 Å². The van der Waals surface area contributed by atoms with E-state index in [1.165, 1.54) is 0 Å². The highest BCUT2D eigenvalue weighted by Crippen LogP contribution is 2.25. The van der Waals surface area contributed by atoms with Crippen molar-refractivity contribution in [2.45, 2.75) is 6.54 Å². The molecule has 0 aliphatic carbocycles. The van der Waals surface area contributed by atoms with Crippen LogP contribution in [0.5, 0.6) is 5.75 Å². The third-order valence-electron chi connectivity index (χ3n) is 2.65. The monoisotopic (exact) mass is 277 g/mol. The minimum Gasteiger partial charge on any atom is -0.488 e. The lowest BCUT2D eigenvalue weighted by Gasteiger charge is -2.09. The van der Waals surface area contributed by atoms with Crippen LogP contribution in [0, 0.1) is 0 Å². The van der Waals surface area contributed by atoms with Crippen molar-refractivity contribution in [2.24, 2.45) is 7.05 Å². The number of anilines is 1. The number of rotatable bonds is 6. The van der Waals surface area contributed by atoms with E-state index in [9.17, 15) is 0 Å². The summed E-state index contributed by atoms with van der Waals surface area (Å²) in [7, 11) is 1.89. The fraction of sp³-hybridized carbons (Fsp3) is 0.214. The zero-order chi connectivity index (χ0) is 13.7. The lowest BCUT2D eigenvalue weighted by molar-refractivity contribution is 0.363. The Morgan fingerprint density at radius 1 is 1.47 bits per heavy atom. The Labute approximate surface area is 117 Å². The zero-order valence-electron chi connectivity index (χ0n) is 10.8. The van der Waals surface area contributed by atoms with Gasteiger partial charge in [0.25, 0.3) is 0 Å². The predicted octanol–water partition coefficient (Wildman–Crippen LogP) is 3.25. The maximum absolute atomic E-state index is 6.15. The van der Waals surface area contributed by atoms with Crippen LogP contribution in [0.25, 0.3) is 0 Å². The molecule has 2 rings (SSSR count). The molecule has 1 aromatic carbocycles. The molecule has 0 saturated carbocycles. The summed E-state index contributed by atoms with van der Waals surface area (Å²) in [5.41, 5.74) is 1.08. The Kier molecular flexibility index (Phi) is 4.47. The minimum atomic E-state index is 0.451. The molecule has 0 aliphatic heterocycles. The maximum atomic E-state index is 6.15. The molecule has 1 aromatic heterocycles. The highest BCUT2D eigenvalue weighted by Gasteiger charge is 2.03. The van der Waals surface area contributed by atoms with E-state index in [0.717, 1.165) is 11.4 Å². The average molecular weight is 278 g/mol. The molecule has 0 saturated heterocycles. The smallest absolute Gasteiger partial charge is 0.138 e.